The number of anilines is 1. The van der Waals surface area contributed by atoms with Gasteiger partial charge in [-0.05, 0) is 23.6 Å². The molecule has 3 rings (SSSR count). The first-order valence-electron chi connectivity index (χ1n) is 7.02. The van der Waals surface area contributed by atoms with Crippen LogP contribution in [0.3, 0.4) is 0 Å². The fourth-order valence-corrected chi connectivity index (χ4v) is 3.92. The molecule has 2 atom stereocenters. The van der Waals surface area contributed by atoms with Gasteiger partial charge in [0.25, 0.3) is 5.91 Å². The van der Waals surface area contributed by atoms with Crippen molar-refractivity contribution in [2.75, 3.05) is 18.4 Å². The molecule has 0 radical (unpaired) electrons. The van der Waals surface area contributed by atoms with E-state index in [0.717, 1.165) is 13.0 Å². The maximum absolute atomic E-state index is 12.2. The molecule has 1 saturated heterocycles. The fraction of sp³-hybridized carbons (Fsp3) is 0.333. The molecule has 0 aliphatic carbocycles. The second kappa shape index (κ2) is 6.56. The molecule has 1 unspecified atom stereocenters. The molecule has 110 valence electrons. The molecule has 4 nitrogen and oxygen atoms in total. The summed E-state index contributed by atoms with van der Waals surface area (Å²) in [5, 5.41) is 5.28. The molecule has 2 N–H and O–H groups in total. The van der Waals surface area contributed by atoms with Crippen LogP contribution in [0.1, 0.15) is 23.8 Å². The minimum absolute atomic E-state index is 0.0108. The summed E-state index contributed by atoms with van der Waals surface area (Å²) in [5.41, 5.74) is 0.579. The Kier molecular flexibility index (Phi) is 4.53. The molecule has 0 aromatic carbocycles. The number of pyridine rings is 1. The van der Waals surface area contributed by atoms with E-state index in [1.54, 1.807) is 29.7 Å². The van der Waals surface area contributed by atoms with E-state index in [1.165, 1.54) is 16.2 Å². The zero-order valence-corrected chi connectivity index (χ0v) is 13.1. The third-order valence-electron chi connectivity index (χ3n) is 3.79. The normalized spacial score (nSPS) is 21.4. The second-order valence-electron chi connectivity index (χ2n) is 5.19. The van der Waals surface area contributed by atoms with Crippen LogP contribution in [-0.2, 0) is 4.79 Å². The van der Waals surface area contributed by atoms with Crippen LogP contribution in [0.25, 0.3) is 0 Å². The zero-order valence-electron chi connectivity index (χ0n) is 11.5. The molecule has 6 heteroatoms. The Morgan fingerprint density at radius 3 is 3.14 bits per heavy atom. The number of nitrogens with zero attached hydrogens (tertiary/aromatic N) is 1. The van der Waals surface area contributed by atoms with E-state index in [0.29, 0.717) is 23.4 Å². The van der Waals surface area contributed by atoms with Gasteiger partial charge in [0.2, 0.25) is 0 Å². The van der Waals surface area contributed by atoms with E-state index in [4.69, 9.17) is 11.6 Å². The predicted molar refractivity (Wildman–Crippen MR) is 84.9 cm³/mol. The first-order chi connectivity index (χ1) is 10.2. The largest absolute Gasteiger partial charge is 0.320 e. The highest BCUT2D eigenvalue weighted by atomic mass is 35.5. The van der Waals surface area contributed by atoms with Crippen LogP contribution < -0.4 is 10.2 Å². The molecule has 0 spiro atoms. The third kappa shape index (κ3) is 3.43. The van der Waals surface area contributed by atoms with Crippen LogP contribution in [0.15, 0.2) is 35.8 Å². The molecule has 1 aliphatic heterocycles. The first-order valence-corrected chi connectivity index (χ1v) is 8.28. The lowest BCUT2D eigenvalue weighted by Crippen LogP contribution is -3.11. The van der Waals surface area contributed by atoms with Gasteiger partial charge in [-0.3, -0.25) is 4.79 Å². The first kappa shape index (κ1) is 14.5. The number of likely N-dealkylation sites (tertiary alicyclic amines) is 1. The Morgan fingerprint density at radius 1 is 1.48 bits per heavy atom. The minimum atomic E-state index is -0.0108. The Hall–Kier alpha value is -1.43. The number of aromatic nitrogens is 1. The number of quaternary nitrogens is 1. The van der Waals surface area contributed by atoms with E-state index in [2.05, 4.69) is 27.8 Å². The summed E-state index contributed by atoms with van der Waals surface area (Å²) in [6.45, 7) is 1.50. The summed E-state index contributed by atoms with van der Waals surface area (Å²) in [6.07, 6.45) is 3.92. The smallest absolute Gasteiger partial charge is 0.279 e. The molecule has 0 saturated carbocycles. The van der Waals surface area contributed by atoms with E-state index in [1.807, 2.05) is 0 Å². The van der Waals surface area contributed by atoms with Gasteiger partial charge in [0, 0.05) is 19.0 Å². The number of thiophene rings is 1. The van der Waals surface area contributed by atoms with Gasteiger partial charge in [-0.25, -0.2) is 4.98 Å². The van der Waals surface area contributed by atoms with Crippen molar-refractivity contribution in [1.29, 1.82) is 0 Å². The summed E-state index contributed by atoms with van der Waals surface area (Å²) in [4.78, 5) is 18.9. The predicted octanol–water partition coefficient (Wildman–Crippen LogP) is 2.15. The highest BCUT2D eigenvalue weighted by molar-refractivity contribution is 7.10. The van der Waals surface area contributed by atoms with Crippen molar-refractivity contribution in [1.82, 2.24) is 4.98 Å². The van der Waals surface area contributed by atoms with Gasteiger partial charge >= 0.3 is 0 Å². The summed E-state index contributed by atoms with van der Waals surface area (Å²) >= 11 is 7.74. The average Bonchev–Trinajstić information content (AvgIpc) is 3.11. The number of carbonyl (C=O) groups excluding carboxylic acids is 1. The van der Waals surface area contributed by atoms with Crippen molar-refractivity contribution in [2.24, 2.45) is 0 Å². The summed E-state index contributed by atoms with van der Waals surface area (Å²) in [7, 11) is 0. The van der Waals surface area contributed by atoms with Crippen LogP contribution in [0.2, 0.25) is 5.15 Å². The number of amides is 1. The lowest BCUT2D eigenvalue weighted by atomic mass is 10.2. The lowest BCUT2D eigenvalue weighted by Gasteiger charge is -2.20. The topological polar surface area (TPSA) is 46.4 Å². The second-order valence-corrected chi connectivity index (χ2v) is 6.52. The average molecular weight is 323 g/mol. The van der Waals surface area contributed by atoms with Crippen molar-refractivity contribution >= 4 is 34.5 Å². The summed E-state index contributed by atoms with van der Waals surface area (Å²) < 4.78 is 0. The highest BCUT2D eigenvalue weighted by Crippen LogP contribution is 2.23. The standard InChI is InChI=1S/C15H16ClN3OS/c16-15-11(4-1-7-17-15)18-14(20)10-19-8-2-5-12(19)13-6-3-9-21-13/h1,3-4,6-7,9,12H,2,5,8,10H2,(H,18,20)/p+1/t12-/m1/s1. The molecule has 2 aromatic heterocycles. The van der Waals surface area contributed by atoms with Crippen molar-refractivity contribution in [3.05, 3.63) is 45.9 Å². The lowest BCUT2D eigenvalue weighted by molar-refractivity contribution is -0.910. The molecule has 0 bridgehead atoms. The van der Waals surface area contributed by atoms with Gasteiger partial charge in [0.1, 0.15) is 6.04 Å². The highest BCUT2D eigenvalue weighted by Gasteiger charge is 2.32. The van der Waals surface area contributed by atoms with E-state index in [9.17, 15) is 4.79 Å². The molecule has 1 amide bonds. The molecular weight excluding hydrogens is 306 g/mol. The van der Waals surface area contributed by atoms with Gasteiger partial charge in [-0.1, -0.05) is 17.7 Å². The van der Waals surface area contributed by atoms with Gasteiger partial charge in [-0.15, -0.1) is 11.3 Å². The van der Waals surface area contributed by atoms with Crippen LogP contribution in [0.5, 0.6) is 0 Å². The number of hydrogen-bond donors (Lipinski definition) is 2. The Balaban J connectivity index is 1.63. The summed E-state index contributed by atoms with van der Waals surface area (Å²) in [6, 6.07) is 8.21. The Bertz CT molecular complexity index is 617. The van der Waals surface area contributed by atoms with Crippen LogP contribution in [0, 0.1) is 0 Å². The van der Waals surface area contributed by atoms with E-state index >= 15 is 0 Å². The Labute approximate surface area is 132 Å². The van der Waals surface area contributed by atoms with Crippen LogP contribution >= 0.6 is 22.9 Å². The number of hydrogen-bond acceptors (Lipinski definition) is 3. The van der Waals surface area contributed by atoms with E-state index < -0.39 is 0 Å². The van der Waals surface area contributed by atoms with Crippen molar-refractivity contribution in [2.45, 2.75) is 18.9 Å². The maximum atomic E-state index is 12.2. The quantitative estimate of drug-likeness (QED) is 0.847. The molecule has 1 fully saturated rings. The van der Waals surface area contributed by atoms with Crippen molar-refractivity contribution < 1.29 is 9.69 Å². The van der Waals surface area contributed by atoms with Crippen LogP contribution in [0.4, 0.5) is 5.69 Å². The maximum Gasteiger partial charge on any atom is 0.279 e. The van der Waals surface area contributed by atoms with Gasteiger partial charge in [0.15, 0.2) is 11.7 Å². The summed E-state index contributed by atoms with van der Waals surface area (Å²) in [5.74, 6) is -0.0108. The number of halogens is 1. The van der Waals surface area contributed by atoms with E-state index in [-0.39, 0.29) is 5.91 Å². The number of carbonyl (C=O) groups is 1. The minimum Gasteiger partial charge on any atom is -0.320 e. The van der Waals surface area contributed by atoms with Crippen LogP contribution in [-0.4, -0.2) is 24.0 Å². The van der Waals surface area contributed by atoms with Crippen molar-refractivity contribution in [3.63, 3.8) is 0 Å². The molecule has 2 aromatic rings. The fourth-order valence-electron chi connectivity index (χ4n) is 2.84. The monoisotopic (exact) mass is 322 g/mol. The molecule has 21 heavy (non-hydrogen) atoms. The zero-order chi connectivity index (χ0) is 14.7. The number of rotatable bonds is 4. The molecule has 1 aliphatic rings. The molecule has 3 heterocycles. The van der Waals surface area contributed by atoms with Gasteiger partial charge < -0.3 is 10.2 Å². The molecular formula is C15H17ClN3OS+. The van der Waals surface area contributed by atoms with Gasteiger partial charge in [-0.2, -0.15) is 0 Å². The number of nitrogens with one attached hydrogen (secondary N) is 2. The third-order valence-corrected chi connectivity index (χ3v) is 5.08. The van der Waals surface area contributed by atoms with Gasteiger partial charge in [0.05, 0.1) is 17.1 Å². The SMILES string of the molecule is O=C(C[NH+]1CCC[C@@H]1c1cccs1)Nc1cccnc1Cl. The van der Waals surface area contributed by atoms with Crippen molar-refractivity contribution in [3.8, 4) is 0 Å². The Morgan fingerprint density at radius 2 is 2.38 bits per heavy atom.